The van der Waals surface area contributed by atoms with Crippen molar-refractivity contribution >= 4 is 12.1 Å². The van der Waals surface area contributed by atoms with Gasteiger partial charge < -0.3 is 5.11 Å². The summed E-state index contributed by atoms with van der Waals surface area (Å²) < 4.78 is 0. The Labute approximate surface area is 174 Å². The molecular weight excluding hydrogens is 360 g/mol. The highest BCUT2D eigenvalue weighted by Crippen LogP contribution is 2.15. The van der Waals surface area contributed by atoms with Crippen LogP contribution < -0.4 is 0 Å². The lowest BCUT2D eigenvalue weighted by Crippen LogP contribution is -1.93. The van der Waals surface area contributed by atoms with Gasteiger partial charge in [-0.05, 0) is 56.9 Å². The number of aliphatic hydroxyl groups excluding tert-OH is 1. The maximum absolute atomic E-state index is 10.9. The van der Waals surface area contributed by atoms with Gasteiger partial charge in [-0.15, -0.1) is 0 Å². The Hall–Kier alpha value is -3.04. The van der Waals surface area contributed by atoms with Crippen molar-refractivity contribution in [1.29, 1.82) is 0 Å². The molecule has 29 heavy (non-hydrogen) atoms. The number of aldehydes is 1. The Bertz CT molecular complexity index is 926. The molecule has 3 aromatic rings. The summed E-state index contributed by atoms with van der Waals surface area (Å²) in [4.78, 5) is 21.1. The fourth-order valence-electron chi connectivity index (χ4n) is 2.74. The number of benzene rings is 3. The molecule has 3 rings (SSSR count). The van der Waals surface area contributed by atoms with Crippen LogP contribution in [0.15, 0.2) is 72.8 Å². The lowest BCUT2D eigenvalue weighted by atomic mass is 10.1. The highest BCUT2D eigenvalue weighted by molar-refractivity contribution is 5.95. The van der Waals surface area contributed by atoms with Crippen LogP contribution in [-0.2, 0) is 0 Å². The van der Waals surface area contributed by atoms with Gasteiger partial charge in [0.25, 0.3) is 0 Å². The molecule has 1 unspecified atom stereocenters. The summed E-state index contributed by atoms with van der Waals surface area (Å²) in [5, 5.41) is 9.20. The Morgan fingerprint density at radius 3 is 1.62 bits per heavy atom. The van der Waals surface area contributed by atoms with Crippen LogP contribution in [0.2, 0.25) is 0 Å². The number of ketones is 1. The molecule has 1 atom stereocenters. The van der Waals surface area contributed by atoms with Gasteiger partial charge in [-0.3, -0.25) is 9.59 Å². The van der Waals surface area contributed by atoms with Gasteiger partial charge in [0, 0.05) is 11.1 Å². The van der Waals surface area contributed by atoms with Crippen LogP contribution in [0.3, 0.4) is 0 Å². The Morgan fingerprint density at radius 2 is 1.28 bits per heavy atom. The predicted octanol–water partition coefficient (Wildman–Crippen LogP) is 6.05. The molecule has 152 valence electrons. The molecule has 0 bridgehead atoms. The summed E-state index contributed by atoms with van der Waals surface area (Å²) in [6.45, 7) is 9.23. The third-order valence-corrected chi connectivity index (χ3v) is 4.48. The van der Waals surface area contributed by atoms with Crippen LogP contribution in [0.5, 0.6) is 0 Å². The van der Waals surface area contributed by atoms with Gasteiger partial charge in [0.1, 0.15) is 6.29 Å². The number of Topliss-reactive ketones (excluding diaryl/α,β-unsaturated/α-hetero) is 1. The number of carbonyl (C=O) groups excluding carboxylic acids is 2. The molecule has 0 aliphatic heterocycles. The van der Waals surface area contributed by atoms with Crippen LogP contribution in [0.25, 0.3) is 0 Å². The van der Waals surface area contributed by atoms with Crippen molar-refractivity contribution < 1.29 is 14.7 Å². The number of rotatable bonds is 3. The van der Waals surface area contributed by atoms with Crippen molar-refractivity contribution in [2.75, 3.05) is 0 Å². The normalized spacial score (nSPS) is 10.6. The summed E-state index contributed by atoms with van der Waals surface area (Å²) in [5.41, 5.74) is 5.85. The van der Waals surface area contributed by atoms with Gasteiger partial charge in [-0.25, -0.2) is 0 Å². The first-order chi connectivity index (χ1) is 13.8. The zero-order chi connectivity index (χ0) is 21.8. The van der Waals surface area contributed by atoms with Crippen LogP contribution in [0.1, 0.15) is 62.9 Å². The quantitative estimate of drug-likeness (QED) is 0.437. The molecule has 0 fully saturated rings. The van der Waals surface area contributed by atoms with Crippen molar-refractivity contribution in [3.05, 3.63) is 106 Å². The summed E-state index contributed by atoms with van der Waals surface area (Å²) in [7, 11) is 0. The molecule has 3 aromatic carbocycles. The van der Waals surface area contributed by atoms with E-state index in [0.29, 0.717) is 0 Å². The van der Waals surface area contributed by atoms with E-state index < -0.39 is 0 Å². The smallest absolute Gasteiger partial charge is 0.160 e. The zero-order valence-corrected chi connectivity index (χ0v) is 17.8. The number of aliphatic hydroxyl groups is 1. The number of aryl methyl sites for hydroxylation is 3. The number of carbonyl (C=O) groups is 2. The van der Waals surface area contributed by atoms with E-state index >= 15 is 0 Å². The molecule has 1 N–H and O–H groups in total. The maximum atomic E-state index is 10.9. The molecule has 3 nitrogen and oxygen atoms in total. The third-order valence-electron chi connectivity index (χ3n) is 4.48. The first-order valence-corrected chi connectivity index (χ1v) is 9.58. The third kappa shape index (κ3) is 8.24. The van der Waals surface area contributed by atoms with Crippen LogP contribution in [-0.4, -0.2) is 17.2 Å². The number of hydrogen-bond acceptors (Lipinski definition) is 3. The second-order valence-corrected chi connectivity index (χ2v) is 6.88. The van der Waals surface area contributed by atoms with E-state index in [1.54, 1.807) is 13.8 Å². The maximum Gasteiger partial charge on any atom is 0.160 e. The van der Waals surface area contributed by atoms with E-state index in [-0.39, 0.29) is 11.9 Å². The van der Waals surface area contributed by atoms with Crippen molar-refractivity contribution in [3.63, 3.8) is 0 Å². The van der Waals surface area contributed by atoms with E-state index in [0.717, 1.165) is 39.7 Å². The highest BCUT2D eigenvalue weighted by atomic mass is 16.3. The van der Waals surface area contributed by atoms with Gasteiger partial charge in [0.05, 0.1) is 6.10 Å². The SMILES string of the molecule is CC(=O)c1ccccc1C.Cc1ccccc1C(C)O.Cc1ccccc1C=O. The fraction of sp³-hybridized carbons (Fsp3) is 0.231. The van der Waals surface area contributed by atoms with Crippen LogP contribution in [0.4, 0.5) is 0 Å². The van der Waals surface area contributed by atoms with Gasteiger partial charge in [0.2, 0.25) is 0 Å². The van der Waals surface area contributed by atoms with Gasteiger partial charge in [-0.1, -0.05) is 72.8 Å². The first kappa shape index (κ1) is 24.0. The summed E-state index contributed by atoms with van der Waals surface area (Å²) in [5.74, 6) is 0.137. The Morgan fingerprint density at radius 1 is 0.793 bits per heavy atom. The first-order valence-electron chi connectivity index (χ1n) is 9.58. The van der Waals surface area contributed by atoms with Gasteiger partial charge >= 0.3 is 0 Å². The minimum Gasteiger partial charge on any atom is -0.389 e. The second-order valence-electron chi connectivity index (χ2n) is 6.88. The minimum absolute atomic E-state index is 0.137. The molecule has 0 heterocycles. The van der Waals surface area contributed by atoms with Crippen LogP contribution >= 0.6 is 0 Å². The predicted molar refractivity (Wildman–Crippen MR) is 120 cm³/mol. The molecule has 0 aliphatic carbocycles. The van der Waals surface area contributed by atoms with E-state index in [1.807, 2.05) is 93.6 Å². The molecular formula is C26H30O3. The Balaban J connectivity index is 0.000000218. The fourth-order valence-corrected chi connectivity index (χ4v) is 2.74. The molecule has 0 saturated heterocycles. The molecule has 0 aromatic heterocycles. The lowest BCUT2D eigenvalue weighted by molar-refractivity contribution is 0.101. The summed E-state index contributed by atoms with van der Waals surface area (Å²) >= 11 is 0. The second kappa shape index (κ2) is 12.4. The minimum atomic E-state index is -0.346. The molecule has 0 radical (unpaired) electrons. The standard InChI is InChI=1S/C9H12O.C9H10O.C8H8O/c2*1-7-5-3-4-6-9(7)8(2)10;1-7-4-2-3-5-8(7)6-9/h3-6,8,10H,1-2H3;3-6H,1-2H3;2-6H,1H3. The largest absolute Gasteiger partial charge is 0.389 e. The lowest BCUT2D eigenvalue weighted by Gasteiger charge is -2.06. The zero-order valence-electron chi connectivity index (χ0n) is 17.8. The number of hydrogen-bond donors (Lipinski definition) is 1. The van der Waals surface area contributed by atoms with Crippen molar-refractivity contribution in [2.45, 2.75) is 40.7 Å². The summed E-state index contributed by atoms with van der Waals surface area (Å²) in [6.07, 6.45) is 0.524. The topological polar surface area (TPSA) is 54.4 Å². The molecule has 3 heteroatoms. The van der Waals surface area contributed by atoms with Crippen molar-refractivity contribution in [2.24, 2.45) is 0 Å². The van der Waals surface area contributed by atoms with Crippen LogP contribution in [0, 0.1) is 20.8 Å². The Kier molecular flexibility index (Phi) is 10.3. The van der Waals surface area contributed by atoms with E-state index in [2.05, 4.69) is 0 Å². The van der Waals surface area contributed by atoms with E-state index in [9.17, 15) is 14.7 Å². The molecule has 0 aliphatic rings. The monoisotopic (exact) mass is 390 g/mol. The van der Waals surface area contributed by atoms with Crippen molar-refractivity contribution in [1.82, 2.24) is 0 Å². The molecule has 0 spiro atoms. The highest BCUT2D eigenvalue weighted by Gasteiger charge is 2.01. The average molecular weight is 391 g/mol. The average Bonchev–Trinajstić information content (AvgIpc) is 2.69. The van der Waals surface area contributed by atoms with E-state index in [4.69, 9.17) is 0 Å². The summed E-state index contributed by atoms with van der Waals surface area (Å²) in [6, 6.07) is 23.0. The molecule has 0 saturated carbocycles. The van der Waals surface area contributed by atoms with Gasteiger partial charge in [0.15, 0.2) is 5.78 Å². The van der Waals surface area contributed by atoms with Crippen molar-refractivity contribution in [3.8, 4) is 0 Å². The van der Waals surface area contributed by atoms with Gasteiger partial charge in [-0.2, -0.15) is 0 Å². The van der Waals surface area contributed by atoms with E-state index in [1.165, 1.54) is 0 Å². The molecule has 0 amide bonds.